The van der Waals surface area contributed by atoms with Crippen molar-refractivity contribution in [3.63, 3.8) is 0 Å². The molecule has 0 bridgehead atoms. The third-order valence-electron chi connectivity index (χ3n) is 3.48. The van der Waals surface area contributed by atoms with Crippen LogP contribution in [0.15, 0.2) is 11.1 Å². The first-order valence-electron chi connectivity index (χ1n) is 6.43. The lowest BCUT2D eigenvalue weighted by molar-refractivity contribution is -0.136. The summed E-state index contributed by atoms with van der Waals surface area (Å²) in [5.41, 5.74) is 0.599. The standard InChI is InChI=1S/C12H19N3O4S/c1-19-8-11(16)15-5-3-4-9(7-15)12-10(6-13-14-12)20(2,17)18/h6,9H,3-5,7-8H2,1-2H3,(H,13,14). The minimum absolute atomic E-state index is 0.0308. The molecule has 1 fully saturated rings. The van der Waals surface area contributed by atoms with E-state index >= 15 is 0 Å². The van der Waals surface area contributed by atoms with Gasteiger partial charge in [-0.15, -0.1) is 0 Å². The smallest absolute Gasteiger partial charge is 0.248 e. The number of nitrogens with zero attached hydrogens (tertiary/aromatic N) is 2. The Morgan fingerprint density at radius 3 is 3.00 bits per heavy atom. The first-order valence-corrected chi connectivity index (χ1v) is 8.32. The van der Waals surface area contributed by atoms with Gasteiger partial charge in [-0.2, -0.15) is 5.10 Å². The number of ether oxygens (including phenoxy) is 1. The van der Waals surface area contributed by atoms with Crippen LogP contribution in [0.5, 0.6) is 0 Å². The number of rotatable bonds is 4. The van der Waals surface area contributed by atoms with Crippen molar-refractivity contribution >= 4 is 15.7 Å². The first kappa shape index (κ1) is 15.0. The number of carbonyl (C=O) groups is 1. The second kappa shape index (κ2) is 5.92. The lowest BCUT2D eigenvalue weighted by Crippen LogP contribution is -2.41. The Labute approximate surface area is 118 Å². The number of aromatic amines is 1. The zero-order chi connectivity index (χ0) is 14.8. The van der Waals surface area contributed by atoms with Crippen molar-refractivity contribution in [3.05, 3.63) is 11.9 Å². The third kappa shape index (κ3) is 3.18. The third-order valence-corrected chi connectivity index (χ3v) is 4.61. The van der Waals surface area contributed by atoms with Gasteiger partial charge in [-0.05, 0) is 12.8 Å². The molecule has 0 aliphatic carbocycles. The van der Waals surface area contributed by atoms with Gasteiger partial charge in [0, 0.05) is 32.4 Å². The average Bonchev–Trinajstić information content (AvgIpc) is 2.88. The maximum atomic E-state index is 11.9. The van der Waals surface area contributed by atoms with Crippen LogP contribution in [0.2, 0.25) is 0 Å². The van der Waals surface area contributed by atoms with Crippen molar-refractivity contribution in [1.82, 2.24) is 15.1 Å². The molecule has 1 aromatic rings. The van der Waals surface area contributed by atoms with Crippen molar-refractivity contribution in [3.8, 4) is 0 Å². The van der Waals surface area contributed by atoms with E-state index in [0.29, 0.717) is 18.8 Å². The van der Waals surface area contributed by atoms with E-state index in [9.17, 15) is 13.2 Å². The molecular weight excluding hydrogens is 282 g/mol. The molecule has 112 valence electrons. The summed E-state index contributed by atoms with van der Waals surface area (Å²) in [6.45, 7) is 1.22. The molecule has 1 amide bonds. The molecule has 0 radical (unpaired) electrons. The Morgan fingerprint density at radius 2 is 2.35 bits per heavy atom. The van der Waals surface area contributed by atoms with E-state index in [-0.39, 0.29) is 23.3 Å². The van der Waals surface area contributed by atoms with Crippen LogP contribution in [-0.4, -0.2) is 62.5 Å². The number of amides is 1. The van der Waals surface area contributed by atoms with Crippen molar-refractivity contribution in [1.29, 1.82) is 0 Å². The van der Waals surface area contributed by atoms with Gasteiger partial charge in [0.25, 0.3) is 0 Å². The summed E-state index contributed by atoms with van der Waals surface area (Å²) in [4.78, 5) is 13.8. The predicted octanol–water partition coefficient (Wildman–Crippen LogP) is 0.166. The maximum absolute atomic E-state index is 11.9. The number of sulfone groups is 1. The van der Waals surface area contributed by atoms with E-state index in [0.717, 1.165) is 19.1 Å². The van der Waals surface area contributed by atoms with E-state index in [2.05, 4.69) is 10.2 Å². The summed E-state index contributed by atoms with van der Waals surface area (Å²) in [6.07, 6.45) is 4.17. The number of hydrogen-bond donors (Lipinski definition) is 1. The highest BCUT2D eigenvalue weighted by atomic mass is 32.2. The topological polar surface area (TPSA) is 92.4 Å². The lowest BCUT2D eigenvalue weighted by Gasteiger charge is -2.32. The molecule has 1 aliphatic heterocycles. The van der Waals surface area contributed by atoms with Crippen LogP contribution in [0.25, 0.3) is 0 Å². The van der Waals surface area contributed by atoms with Gasteiger partial charge < -0.3 is 9.64 Å². The number of aromatic nitrogens is 2. The largest absolute Gasteiger partial charge is 0.375 e. The van der Waals surface area contributed by atoms with E-state index in [1.54, 1.807) is 4.90 Å². The zero-order valence-electron chi connectivity index (χ0n) is 11.6. The van der Waals surface area contributed by atoms with Gasteiger partial charge >= 0.3 is 0 Å². The van der Waals surface area contributed by atoms with Crippen LogP contribution < -0.4 is 0 Å². The molecule has 20 heavy (non-hydrogen) atoms. The van der Waals surface area contributed by atoms with Crippen molar-refractivity contribution in [2.45, 2.75) is 23.7 Å². The van der Waals surface area contributed by atoms with Crippen LogP contribution in [0.4, 0.5) is 0 Å². The average molecular weight is 301 g/mol. The SMILES string of the molecule is COCC(=O)N1CCCC(c2[nH]ncc2S(C)(=O)=O)C1. The number of likely N-dealkylation sites (tertiary alicyclic amines) is 1. The Hall–Kier alpha value is -1.41. The fourth-order valence-electron chi connectivity index (χ4n) is 2.53. The summed E-state index contributed by atoms with van der Waals surface area (Å²) in [7, 11) is -1.83. The highest BCUT2D eigenvalue weighted by Gasteiger charge is 2.29. The van der Waals surface area contributed by atoms with Gasteiger partial charge in [0.1, 0.15) is 11.5 Å². The van der Waals surface area contributed by atoms with Gasteiger partial charge in [-0.25, -0.2) is 8.42 Å². The second-order valence-corrected chi connectivity index (χ2v) is 7.02. The quantitative estimate of drug-likeness (QED) is 0.855. The second-order valence-electron chi connectivity index (χ2n) is 5.03. The monoisotopic (exact) mass is 301 g/mol. The molecule has 1 unspecified atom stereocenters. The molecule has 1 saturated heterocycles. The maximum Gasteiger partial charge on any atom is 0.248 e. The zero-order valence-corrected chi connectivity index (χ0v) is 12.4. The van der Waals surface area contributed by atoms with E-state index < -0.39 is 9.84 Å². The summed E-state index contributed by atoms with van der Waals surface area (Å²) in [5, 5.41) is 6.61. The van der Waals surface area contributed by atoms with Crippen molar-refractivity contribution < 1.29 is 17.9 Å². The fourth-order valence-corrected chi connectivity index (χ4v) is 3.38. The van der Waals surface area contributed by atoms with Crippen LogP contribution in [0.3, 0.4) is 0 Å². The summed E-state index contributed by atoms with van der Waals surface area (Å²) >= 11 is 0. The molecule has 2 rings (SSSR count). The van der Waals surface area contributed by atoms with Gasteiger partial charge in [0.15, 0.2) is 9.84 Å². The van der Waals surface area contributed by atoms with Gasteiger partial charge in [0.2, 0.25) is 5.91 Å². The van der Waals surface area contributed by atoms with Crippen LogP contribution in [0.1, 0.15) is 24.5 Å². The van der Waals surface area contributed by atoms with Crippen LogP contribution in [-0.2, 0) is 19.4 Å². The highest BCUT2D eigenvalue weighted by Crippen LogP contribution is 2.29. The number of H-pyrrole nitrogens is 1. The molecule has 0 saturated carbocycles. The molecule has 1 aromatic heterocycles. The minimum Gasteiger partial charge on any atom is -0.375 e. The van der Waals surface area contributed by atoms with Gasteiger partial charge in [0.05, 0.1) is 11.9 Å². The number of methoxy groups -OCH3 is 1. The van der Waals surface area contributed by atoms with E-state index in [4.69, 9.17) is 4.74 Å². The number of carbonyl (C=O) groups excluding carboxylic acids is 1. The minimum atomic E-state index is -3.31. The van der Waals surface area contributed by atoms with E-state index in [1.807, 2.05) is 0 Å². The highest BCUT2D eigenvalue weighted by molar-refractivity contribution is 7.90. The van der Waals surface area contributed by atoms with Crippen LogP contribution >= 0.6 is 0 Å². The molecule has 7 nitrogen and oxygen atoms in total. The molecular formula is C12H19N3O4S. The Kier molecular flexibility index (Phi) is 4.44. The van der Waals surface area contributed by atoms with Crippen molar-refractivity contribution in [2.24, 2.45) is 0 Å². The number of nitrogens with one attached hydrogen (secondary N) is 1. The Balaban J connectivity index is 2.18. The summed E-state index contributed by atoms with van der Waals surface area (Å²) in [5.74, 6) is -0.102. The Morgan fingerprint density at radius 1 is 1.60 bits per heavy atom. The Bertz CT molecular complexity index is 581. The molecule has 1 aliphatic rings. The summed E-state index contributed by atoms with van der Waals surface area (Å²) in [6, 6.07) is 0. The molecule has 0 spiro atoms. The van der Waals surface area contributed by atoms with Crippen molar-refractivity contribution in [2.75, 3.05) is 33.1 Å². The first-order chi connectivity index (χ1) is 9.43. The summed E-state index contributed by atoms with van der Waals surface area (Å²) < 4.78 is 28.3. The van der Waals surface area contributed by atoms with Crippen LogP contribution in [0, 0.1) is 0 Å². The molecule has 1 atom stereocenters. The molecule has 1 N–H and O–H groups in total. The van der Waals surface area contributed by atoms with Gasteiger partial charge in [-0.3, -0.25) is 9.89 Å². The normalized spacial score (nSPS) is 20.1. The number of hydrogen-bond acceptors (Lipinski definition) is 5. The molecule has 8 heteroatoms. The number of piperidine rings is 1. The van der Waals surface area contributed by atoms with Gasteiger partial charge in [-0.1, -0.05) is 0 Å². The lowest BCUT2D eigenvalue weighted by atomic mass is 9.95. The van der Waals surface area contributed by atoms with E-state index in [1.165, 1.54) is 13.3 Å². The fraction of sp³-hybridized carbons (Fsp3) is 0.667. The molecule has 0 aromatic carbocycles. The predicted molar refractivity (Wildman–Crippen MR) is 72.1 cm³/mol. The molecule has 2 heterocycles.